The van der Waals surface area contributed by atoms with Gasteiger partial charge < -0.3 is 5.11 Å². The van der Waals surface area contributed by atoms with Gasteiger partial charge in [0.05, 0.1) is 17.7 Å². The number of carbonyl (C=O) groups is 2. The van der Waals surface area contributed by atoms with Crippen LogP contribution >= 0.6 is 23.2 Å². The van der Waals surface area contributed by atoms with Crippen LogP contribution in [0.15, 0.2) is 41.5 Å². The summed E-state index contributed by atoms with van der Waals surface area (Å²) in [6.07, 6.45) is -1.61. The molecule has 2 aromatic rings. The lowest BCUT2D eigenvalue weighted by molar-refractivity contribution is -0.114. The van der Waals surface area contributed by atoms with E-state index in [0.717, 1.165) is 5.56 Å². The van der Waals surface area contributed by atoms with Gasteiger partial charge in [0, 0.05) is 10.0 Å². The second kappa shape index (κ2) is 9.56. The third kappa shape index (κ3) is 5.45. The van der Waals surface area contributed by atoms with E-state index in [1.54, 1.807) is 37.3 Å². The van der Waals surface area contributed by atoms with Gasteiger partial charge in [-0.05, 0) is 47.9 Å². The molecule has 146 valence electrons. The van der Waals surface area contributed by atoms with E-state index in [-0.39, 0.29) is 5.02 Å². The van der Waals surface area contributed by atoms with Crippen molar-refractivity contribution in [2.24, 2.45) is 5.10 Å². The topological polar surface area (TPSA) is 138 Å². The monoisotopic (exact) mass is 429 g/mol. The lowest BCUT2D eigenvalue weighted by Crippen LogP contribution is -2.34. The van der Waals surface area contributed by atoms with Crippen LogP contribution in [0.25, 0.3) is 0 Å². The first-order valence-corrected chi connectivity index (χ1v) is 8.75. The van der Waals surface area contributed by atoms with Crippen LogP contribution < -0.4 is 10.7 Å². The molecule has 10 heteroatoms. The van der Waals surface area contributed by atoms with Gasteiger partial charge in [0.25, 0.3) is 5.91 Å². The molecule has 0 heterocycles. The molecular formula is C19H13Cl2N5O3. The predicted octanol–water partition coefficient (Wildman–Crippen LogP) is 4.04. The number of hydrogen-bond acceptors (Lipinski definition) is 6. The molecule has 2 rings (SSSR count). The number of benzene rings is 2. The largest absolute Gasteiger partial charge is 0.465 e. The molecule has 3 N–H and O–H groups in total. The number of hydrazone groups is 1. The van der Waals surface area contributed by atoms with Crippen molar-refractivity contribution in [2.75, 3.05) is 5.43 Å². The molecule has 0 aliphatic carbocycles. The van der Waals surface area contributed by atoms with E-state index < -0.39 is 23.6 Å². The summed E-state index contributed by atoms with van der Waals surface area (Å²) < 4.78 is 0. The van der Waals surface area contributed by atoms with Crippen LogP contribution in [0, 0.1) is 29.6 Å². The summed E-state index contributed by atoms with van der Waals surface area (Å²) in [6, 6.07) is 13.7. The van der Waals surface area contributed by atoms with E-state index in [1.807, 2.05) is 0 Å². The van der Waals surface area contributed by atoms with Crippen LogP contribution in [0.4, 0.5) is 10.5 Å². The number of rotatable bonds is 5. The molecule has 0 saturated heterocycles. The molecule has 0 aliphatic rings. The van der Waals surface area contributed by atoms with Crippen LogP contribution in [-0.2, 0) is 4.79 Å². The van der Waals surface area contributed by atoms with Crippen LogP contribution in [0.1, 0.15) is 22.6 Å². The summed E-state index contributed by atoms with van der Waals surface area (Å²) in [5, 5.41) is 33.1. The zero-order valence-corrected chi connectivity index (χ0v) is 16.4. The van der Waals surface area contributed by atoms with Crippen molar-refractivity contribution in [1.82, 2.24) is 5.32 Å². The zero-order valence-electron chi connectivity index (χ0n) is 14.9. The van der Waals surface area contributed by atoms with Crippen molar-refractivity contribution in [3.8, 4) is 12.1 Å². The number of imide groups is 1. The third-order valence-corrected chi connectivity index (χ3v) is 4.36. The molecule has 29 heavy (non-hydrogen) atoms. The van der Waals surface area contributed by atoms with E-state index >= 15 is 0 Å². The van der Waals surface area contributed by atoms with Crippen molar-refractivity contribution < 1.29 is 14.7 Å². The highest BCUT2D eigenvalue weighted by molar-refractivity contribution is 6.46. The van der Waals surface area contributed by atoms with Gasteiger partial charge in [-0.25, -0.2) is 4.79 Å². The highest BCUT2D eigenvalue weighted by Crippen LogP contribution is 2.35. The van der Waals surface area contributed by atoms with Gasteiger partial charge in [-0.2, -0.15) is 15.6 Å². The lowest BCUT2D eigenvalue weighted by Gasteiger charge is -2.16. The quantitative estimate of drug-likeness (QED) is 0.483. The minimum Gasteiger partial charge on any atom is -0.465 e. The Bertz CT molecular complexity index is 1050. The fourth-order valence-corrected chi connectivity index (χ4v) is 3.05. The van der Waals surface area contributed by atoms with Gasteiger partial charge in [0.1, 0.15) is 6.07 Å². The molecule has 0 radical (unpaired) electrons. The van der Waals surface area contributed by atoms with Gasteiger partial charge in [-0.15, -0.1) is 0 Å². The maximum Gasteiger partial charge on any atom is 0.411 e. The molecule has 0 saturated carbocycles. The molecule has 1 atom stereocenters. The number of halogens is 2. The van der Waals surface area contributed by atoms with Crippen molar-refractivity contribution in [3.63, 3.8) is 0 Å². The second-order valence-electron chi connectivity index (χ2n) is 5.75. The molecule has 2 amide bonds. The molecule has 8 nitrogen and oxygen atoms in total. The maximum atomic E-state index is 11.5. The molecule has 0 aromatic heterocycles. The smallest absolute Gasteiger partial charge is 0.411 e. The number of carboxylic acid groups (broad SMARTS) is 1. The Hall–Kier alpha value is -3.59. The average Bonchev–Trinajstić information content (AvgIpc) is 2.65. The number of amides is 2. The van der Waals surface area contributed by atoms with Crippen molar-refractivity contribution >= 4 is 46.6 Å². The Kier molecular flexibility index (Phi) is 7.15. The van der Waals surface area contributed by atoms with Crippen LogP contribution in [-0.4, -0.2) is 22.8 Å². The number of nitriles is 2. The standard InChI is InChI=1S/C19H13Cl2N5O3/c1-10-6-13(25-26-16(9-23)18(27)24-19(28)29)7-15(21)17(10)14(8-22)11-2-4-12(20)5-3-11/h2-7,14,25H,1H3,(H,24,27)(H,28,29). The van der Waals surface area contributed by atoms with Crippen molar-refractivity contribution in [1.29, 1.82) is 10.5 Å². The maximum absolute atomic E-state index is 11.5. The van der Waals surface area contributed by atoms with E-state index in [4.69, 9.17) is 33.6 Å². The number of hydrogen-bond donors (Lipinski definition) is 3. The Morgan fingerprint density at radius 1 is 1.17 bits per heavy atom. The summed E-state index contributed by atoms with van der Waals surface area (Å²) in [7, 11) is 0. The normalized spacial score (nSPS) is 11.7. The van der Waals surface area contributed by atoms with Crippen LogP contribution in [0.3, 0.4) is 0 Å². The Morgan fingerprint density at radius 3 is 2.34 bits per heavy atom. The number of anilines is 1. The molecule has 2 aromatic carbocycles. The van der Waals surface area contributed by atoms with Crippen molar-refractivity contribution in [3.05, 3.63) is 63.1 Å². The van der Waals surface area contributed by atoms with Crippen LogP contribution in [0.2, 0.25) is 10.0 Å². The average molecular weight is 430 g/mol. The third-order valence-electron chi connectivity index (χ3n) is 3.80. The molecule has 1 unspecified atom stereocenters. The van der Waals surface area contributed by atoms with Crippen molar-refractivity contribution in [2.45, 2.75) is 12.8 Å². The van der Waals surface area contributed by atoms with E-state index in [0.29, 0.717) is 21.8 Å². The van der Waals surface area contributed by atoms with Gasteiger partial charge in [-0.3, -0.25) is 15.5 Å². The van der Waals surface area contributed by atoms with Gasteiger partial charge in [-0.1, -0.05) is 35.3 Å². The number of nitrogens with zero attached hydrogens (tertiary/aromatic N) is 3. The SMILES string of the molecule is Cc1cc(NN=C(C#N)C(=O)NC(=O)O)cc(Cl)c1C(C#N)c1ccc(Cl)cc1. The highest BCUT2D eigenvalue weighted by Gasteiger charge is 2.20. The molecule has 0 fully saturated rings. The van der Waals surface area contributed by atoms with Gasteiger partial charge in [0.2, 0.25) is 5.71 Å². The molecule has 0 spiro atoms. The summed E-state index contributed by atoms with van der Waals surface area (Å²) >= 11 is 12.3. The van der Waals surface area contributed by atoms with Gasteiger partial charge in [0.15, 0.2) is 0 Å². The Morgan fingerprint density at radius 2 is 1.83 bits per heavy atom. The molecular weight excluding hydrogens is 417 g/mol. The second-order valence-corrected chi connectivity index (χ2v) is 6.59. The lowest BCUT2D eigenvalue weighted by atomic mass is 9.89. The summed E-state index contributed by atoms with van der Waals surface area (Å²) in [4.78, 5) is 22.0. The minimum absolute atomic E-state index is 0.276. The number of aryl methyl sites for hydroxylation is 1. The number of nitrogens with one attached hydrogen (secondary N) is 2. The first-order chi connectivity index (χ1) is 13.8. The van der Waals surface area contributed by atoms with Gasteiger partial charge >= 0.3 is 6.09 Å². The van der Waals surface area contributed by atoms with Crippen LogP contribution in [0.5, 0.6) is 0 Å². The van der Waals surface area contributed by atoms with E-state index in [2.05, 4.69) is 16.6 Å². The zero-order chi connectivity index (χ0) is 21.6. The summed E-state index contributed by atoms with van der Waals surface area (Å²) in [5.41, 5.74) is 4.14. The molecule has 0 bridgehead atoms. The van der Waals surface area contributed by atoms with E-state index in [9.17, 15) is 14.9 Å². The fraction of sp³-hybridized carbons (Fsp3) is 0.105. The first-order valence-electron chi connectivity index (χ1n) is 8.00. The van der Waals surface area contributed by atoms with E-state index in [1.165, 1.54) is 17.5 Å². The summed E-state index contributed by atoms with van der Waals surface area (Å²) in [6.45, 7) is 1.75. The first kappa shape index (κ1) is 21.7. The fourth-order valence-electron chi connectivity index (χ4n) is 2.55. The molecule has 0 aliphatic heterocycles. The minimum atomic E-state index is -1.61. The highest BCUT2D eigenvalue weighted by atomic mass is 35.5. The summed E-state index contributed by atoms with van der Waals surface area (Å²) in [5.74, 6) is -1.80. The predicted molar refractivity (Wildman–Crippen MR) is 108 cm³/mol. The Labute approximate surface area is 176 Å². The number of carbonyl (C=O) groups excluding carboxylic acids is 1. The Balaban J connectivity index is 2.33.